The van der Waals surface area contributed by atoms with Gasteiger partial charge in [-0.2, -0.15) is 0 Å². The van der Waals surface area contributed by atoms with Gasteiger partial charge in [-0.15, -0.1) is 5.10 Å². The van der Waals surface area contributed by atoms with Crippen molar-refractivity contribution >= 4 is 10.8 Å². The van der Waals surface area contributed by atoms with Crippen molar-refractivity contribution in [3.05, 3.63) is 54.7 Å². The van der Waals surface area contributed by atoms with Gasteiger partial charge in [-0.25, -0.2) is 0 Å². The van der Waals surface area contributed by atoms with Crippen LogP contribution in [0.25, 0.3) is 10.8 Å². The van der Waals surface area contributed by atoms with Crippen molar-refractivity contribution < 1.29 is 4.74 Å². The zero-order valence-electron chi connectivity index (χ0n) is 8.87. The van der Waals surface area contributed by atoms with Gasteiger partial charge < -0.3 is 4.74 Å². The molecule has 0 aliphatic heterocycles. The third kappa shape index (κ3) is 2.06. The van der Waals surface area contributed by atoms with Crippen molar-refractivity contribution in [3.8, 4) is 11.6 Å². The summed E-state index contributed by atoms with van der Waals surface area (Å²) in [5.74, 6) is 1.02. The zero-order chi connectivity index (χ0) is 11.5. The normalized spacial score (nSPS) is 10.4. The quantitative estimate of drug-likeness (QED) is 0.668. The standard InChI is InChI=1S/C13H8N3O/c1-2-4-11-9-12(6-5-10(11)3-1)17-13-7-8-14-16-15-13/h1-8H. The molecule has 0 N–H and O–H groups in total. The van der Waals surface area contributed by atoms with Crippen LogP contribution in [-0.4, -0.2) is 15.4 Å². The van der Waals surface area contributed by atoms with Crippen molar-refractivity contribution in [1.29, 1.82) is 0 Å². The molecule has 0 unspecified atom stereocenters. The lowest BCUT2D eigenvalue weighted by molar-refractivity contribution is 0.450. The molecule has 17 heavy (non-hydrogen) atoms. The number of ether oxygens (including phenoxy) is 1. The fourth-order valence-corrected chi connectivity index (χ4v) is 1.55. The Morgan fingerprint density at radius 1 is 1.00 bits per heavy atom. The summed E-state index contributed by atoms with van der Waals surface area (Å²) in [7, 11) is 0. The van der Waals surface area contributed by atoms with E-state index in [0.29, 0.717) is 11.6 Å². The van der Waals surface area contributed by atoms with Crippen molar-refractivity contribution in [1.82, 2.24) is 15.4 Å². The lowest BCUT2D eigenvalue weighted by Crippen LogP contribution is -1.91. The molecular weight excluding hydrogens is 214 g/mol. The second kappa shape index (κ2) is 4.17. The highest BCUT2D eigenvalue weighted by atomic mass is 16.5. The van der Waals surface area contributed by atoms with Gasteiger partial charge in [0, 0.05) is 12.1 Å². The molecule has 1 heterocycles. The van der Waals surface area contributed by atoms with Gasteiger partial charge in [-0.1, -0.05) is 35.4 Å². The SMILES string of the molecule is [c]1c(Oc2ccnnn2)ccc2ccccc12. The minimum atomic E-state index is 0.409. The van der Waals surface area contributed by atoms with Crippen LogP contribution in [0, 0.1) is 6.07 Å². The van der Waals surface area contributed by atoms with Gasteiger partial charge in [0.1, 0.15) is 5.75 Å². The molecule has 0 saturated heterocycles. The van der Waals surface area contributed by atoms with E-state index in [-0.39, 0.29) is 0 Å². The zero-order valence-corrected chi connectivity index (χ0v) is 8.87. The fraction of sp³-hybridized carbons (Fsp3) is 0. The number of hydrogen-bond acceptors (Lipinski definition) is 4. The average molecular weight is 222 g/mol. The number of fused-ring (bicyclic) bond motifs is 1. The average Bonchev–Trinajstić information content (AvgIpc) is 2.40. The van der Waals surface area contributed by atoms with Gasteiger partial charge in [0.2, 0.25) is 5.88 Å². The summed E-state index contributed by atoms with van der Waals surface area (Å²) in [5, 5.41) is 13.0. The monoisotopic (exact) mass is 222 g/mol. The van der Waals surface area contributed by atoms with E-state index in [1.165, 1.54) is 6.20 Å². The third-order valence-corrected chi connectivity index (χ3v) is 2.33. The van der Waals surface area contributed by atoms with E-state index in [1.807, 2.05) is 36.4 Å². The Hall–Kier alpha value is -2.49. The Kier molecular flexibility index (Phi) is 2.38. The van der Waals surface area contributed by atoms with Crippen LogP contribution in [-0.2, 0) is 0 Å². The van der Waals surface area contributed by atoms with E-state index >= 15 is 0 Å². The molecule has 0 spiro atoms. The van der Waals surface area contributed by atoms with Crippen LogP contribution in [0.5, 0.6) is 11.6 Å². The highest BCUT2D eigenvalue weighted by molar-refractivity contribution is 5.83. The first-order valence-electron chi connectivity index (χ1n) is 5.15. The summed E-state index contributed by atoms with van der Waals surface area (Å²) in [5.41, 5.74) is 0. The highest BCUT2D eigenvalue weighted by Gasteiger charge is 2.00. The first-order valence-corrected chi connectivity index (χ1v) is 5.15. The lowest BCUT2D eigenvalue weighted by atomic mass is 10.1. The third-order valence-electron chi connectivity index (χ3n) is 2.33. The summed E-state index contributed by atoms with van der Waals surface area (Å²) < 4.78 is 5.52. The Labute approximate surface area is 97.9 Å². The van der Waals surface area contributed by atoms with Crippen LogP contribution in [0.4, 0.5) is 0 Å². The molecule has 4 heteroatoms. The molecule has 0 fully saturated rings. The van der Waals surface area contributed by atoms with E-state index in [2.05, 4.69) is 21.5 Å². The number of hydrogen-bond donors (Lipinski definition) is 0. The van der Waals surface area contributed by atoms with Crippen LogP contribution in [0.3, 0.4) is 0 Å². The molecular formula is C13H8N3O. The smallest absolute Gasteiger partial charge is 0.242 e. The lowest BCUT2D eigenvalue weighted by Gasteiger charge is -2.03. The molecule has 3 aromatic rings. The summed E-state index contributed by atoms with van der Waals surface area (Å²) in [6.45, 7) is 0. The second-order valence-corrected chi connectivity index (χ2v) is 3.47. The molecule has 0 amide bonds. The minimum Gasteiger partial charge on any atom is -0.437 e. The van der Waals surface area contributed by atoms with Crippen LogP contribution in [0.2, 0.25) is 0 Å². The molecule has 2 aromatic carbocycles. The molecule has 1 radical (unpaired) electrons. The maximum Gasteiger partial charge on any atom is 0.242 e. The van der Waals surface area contributed by atoms with E-state index in [1.54, 1.807) is 6.07 Å². The fourth-order valence-electron chi connectivity index (χ4n) is 1.55. The molecule has 0 aliphatic rings. The second-order valence-electron chi connectivity index (χ2n) is 3.47. The first-order chi connectivity index (χ1) is 8.42. The first kappa shape index (κ1) is 9.72. The van der Waals surface area contributed by atoms with Gasteiger partial charge in [-0.05, 0) is 22.1 Å². The largest absolute Gasteiger partial charge is 0.437 e. The van der Waals surface area contributed by atoms with Gasteiger partial charge in [-0.3, -0.25) is 0 Å². The van der Waals surface area contributed by atoms with Gasteiger partial charge in [0.05, 0.1) is 6.20 Å². The molecule has 0 aliphatic carbocycles. The highest BCUT2D eigenvalue weighted by Crippen LogP contribution is 2.22. The Morgan fingerprint density at radius 2 is 1.94 bits per heavy atom. The van der Waals surface area contributed by atoms with E-state index in [4.69, 9.17) is 4.74 Å². The predicted molar refractivity (Wildman–Crippen MR) is 62.7 cm³/mol. The van der Waals surface area contributed by atoms with Crippen LogP contribution in [0.15, 0.2) is 48.7 Å². The molecule has 4 nitrogen and oxygen atoms in total. The van der Waals surface area contributed by atoms with Crippen molar-refractivity contribution in [2.45, 2.75) is 0 Å². The summed E-state index contributed by atoms with van der Waals surface area (Å²) >= 11 is 0. The molecule has 0 bridgehead atoms. The van der Waals surface area contributed by atoms with Crippen LogP contribution >= 0.6 is 0 Å². The topological polar surface area (TPSA) is 47.9 Å². The molecule has 81 valence electrons. The Bertz CT molecular complexity index is 640. The molecule has 0 atom stereocenters. The van der Waals surface area contributed by atoms with Gasteiger partial charge in [0.25, 0.3) is 0 Å². The summed E-state index contributed by atoms with van der Waals surface area (Å²) in [4.78, 5) is 0. The summed E-state index contributed by atoms with van der Waals surface area (Å²) in [6, 6.07) is 16.6. The van der Waals surface area contributed by atoms with Crippen molar-refractivity contribution in [2.24, 2.45) is 0 Å². The van der Waals surface area contributed by atoms with E-state index < -0.39 is 0 Å². The minimum absolute atomic E-state index is 0.409. The maximum atomic E-state index is 5.52. The van der Waals surface area contributed by atoms with Crippen LogP contribution in [0.1, 0.15) is 0 Å². The predicted octanol–water partition coefficient (Wildman–Crippen LogP) is 2.62. The van der Waals surface area contributed by atoms with E-state index in [0.717, 1.165) is 10.8 Å². The molecule has 3 rings (SSSR count). The van der Waals surface area contributed by atoms with Gasteiger partial charge >= 0.3 is 0 Å². The molecule has 0 saturated carbocycles. The number of benzene rings is 2. The maximum absolute atomic E-state index is 5.52. The Morgan fingerprint density at radius 3 is 2.82 bits per heavy atom. The molecule has 1 aromatic heterocycles. The van der Waals surface area contributed by atoms with Crippen LogP contribution < -0.4 is 4.74 Å². The van der Waals surface area contributed by atoms with E-state index in [9.17, 15) is 0 Å². The van der Waals surface area contributed by atoms with Crippen molar-refractivity contribution in [3.63, 3.8) is 0 Å². The van der Waals surface area contributed by atoms with Gasteiger partial charge in [0.15, 0.2) is 0 Å². The summed E-state index contributed by atoms with van der Waals surface area (Å²) in [6.07, 6.45) is 1.53. The number of rotatable bonds is 2. The Balaban J connectivity index is 1.96. The van der Waals surface area contributed by atoms with Crippen molar-refractivity contribution in [2.75, 3.05) is 0 Å². The number of nitrogens with zero attached hydrogens (tertiary/aromatic N) is 3. The number of aromatic nitrogens is 3.